The standard InChI is InChI=1S/C13H25N5/c1-13(2,3)15-10-12-9-14-11-18(12)17-7-5-16(4)6-8-17/h9,11,15H,5-8,10H2,1-4H3. The Morgan fingerprint density at radius 1 is 1.22 bits per heavy atom. The van der Waals surface area contributed by atoms with Crippen LogP contribution in [0, 0.1) is 0 Å². The molecule has 0 spiro atoms. The predicted molar refractivity (Wildman–Crippen MR) is 74.3 cm³/mol. The lowest BCUT2D eigenvalue weighted by atomic mass is 10.1. The summed E-state index contributed by atoms with van der Waals surface area (Å²) in [5.41, 5.74) is 1.37. The summed E-state index contributed by atoms with van der Waals surface area (Å²) in [7, 11) is 2.17. The number of piperazine rings is 1. The number of nitrogens with one attached hydrogen (secondary N) is 1. The molecule has 2 heterocycles. The highest BCUT2D eigenvalue weighted by molar-refractivity contribution is 5.05. The van der Waals surface area contributed by atoms with Crippen molar-refractivity contribution >= 4 is 0 Å². The average Bonchev–Trinajstić information content (AvgIpc) is 2.75. The van der Waals surface area contributed by atoms with E-state index >= 15 is 0 Å². The van der Waals surface area contributed by atoms with Crippen LogP contribution in [0.5, 0.6) is 0 Å². The molecule has 0 aromatic carbocycles. The molecule has 5 nitrogen and oxygen atoms in total. The Kier molecular flexibility index (Phi) is 3.92. The first-order chi connectivity index (χ1) is 8.46. The van der Waals surface area contributed by atoms with Crippen LogP contribution in [-0.4, -0.2) is 53.3 Å². The number of likely N-dealkylation sites (N-methyl/N-ethyl adjacent to an activating group) is 1. The molecule has 0 bridgehead atoms. The van der Waals surface area contributed by atoms with E-state index < -0.39 is 0 Å². The fraction of sp³-hybridized carbons (Fsp3) is 0.769. The van der Waals surface area contributed by atoms with E-state index in [1.165, 1.54) is 5.69 Å². The molecule has 0 unspecified atom stereocenters. The Morgan fingerprint density at radius 2 is 1.89 bits per heavy atom. The van der Waals surface area contributed by atoms with Gasteiger partial charge in [0.25, 0.3) is 0 Å². The maximum absolute atomic E-state index is 4.28. The number of nitrogens with zero attached hydrogens (tertiary/aromatic N) is 4. The molecule has 1 fully saturated rings. The van der Waals surface area contributed by atoms with Gasteiger partial charge in [0.2, 0.25) is 0 Å². The summed E-state index contributed by atoms with van der Waals surface area (Å²) in [4.78, 5) is 6.65. The summed E-state index contributed by atoms with van der Waals surface area (Å²) in [6.07, 6.45) is 3.88. The average molecular weight is 251 g/mol. The van der Waals surface area contributed by atoms with E-state index in [4.69, 9.17) is 0 Å². The molecule has 0 radical (unpaired) electrons. The van der Waals surface area contributed by atoms with E-state index in [0.717, 1.165) is 32.7 Å². The number of hydrogen-bond donors (Lipinski definition) is 1. The van der Waals surface area contributed by atoms with Gasteiger partial charge in [0.1, 0.15) is 6.33 Å². The second kappa shape index (κ2) is 5.28. The summed E-state index contributed by atoms with van der Waals surface area (Å²) in [5.74, 6) is 0. The van der Waals surface area contributed by atoms with Crippen LogP contribution >= 0.6 is 0 Å². The van der Waals surface area contributed by atoms with Crippen molar-refractivity contribution in [2.75, 3.05) is 38.2 Å². The molecule has 1 aliphatic heterocycles. The summed E-state index contributed by atoms with van der Waals surface area (Å²) in [6, 6.07) is 0. The summed E-state index contributed by atoms with van der Waals surface area (Å²) in [6.45, 7) is 11.8. The lowest BCUT2D eigenvalue weighted by Crippen LogP contribution is -2.50. The van der Waals surface area contributed by atoms with Gasteiger partial charge in [-0.05, 0) is 27.8 Å². The molecule has 0 atom stereocenters. The van der Waals surface area contributed by atoms with Crippen LogP contribution in [0.4, 0.5) is 0 Å². The molecule has 1 aliphatic rings. The van der Waals surface area contributed by atoms with Gasteiger partial charge in [-0.2, -0.15) is 0 Å². The lowest BCUT2D eigenvalue weighted by molar-refractivity contribution is 0.284. The minimum Gasteiger partial charge on any atom is -0.309 e. The molecule has 102 valence electrons. The SMILES string of the molecule is CN1CCN(n2cncc2CNC(C)(C)C)CC1. The van der Waals surface area contributed by atoms with Crippen LogP contribution in [0.2, 0.25) is 0 Å². The molecule has 1 aromatic rings. The third-order valence-corrected chi connectivity index (χ3v) is 3.28. The van der Waals surface area contributed by atoms with Crippen LogP contribution in [0.15, 0.2) is 12.5 Å². The number of imidazole rings is 1. The first kappa shape index (κ1) is 13.4. The van der Waals surface area contributed by atoms with E-state index in [9.17, 15) is 0 Å². The molecule has 2 rings (SSSR count). The highest BCUT2D eigenvalue weighted by Gasteiger charge is 2.17. The van der Waals surface area contributed by atoms with Gasteiger partial charge < -0.3 is 15.2 Å². The van der Waals surface area contributed by atoms with Gasteiger partial charge in [0.15, 0.2) is 0 Å². The van der Waals surface area contributed by atoms with Crippen LogP contribution in [0.1, 0.15) is 26.5 Å². The monoisotopic (exact) mass is 251 g/mol. The van der Waals surface area contributed by atoms with Gasteiger partial charge >= 0.3 is 0 Å². The van der Waals surface area contributed by atoms with Crippen molar-refractivity contribution in [1.82, 2.24) is 19.9 Å². The van der Waals surface area contributed by atoms with Crippen molar-refractivity contribution in [2.45, 2.75) is 32.9 Å². The van der Waals surface area contributed by atoms with Gasteiger partial charge in [-0.3, -0.25) is 0 Å². The zero-order chi connectivity index (χ0) is 13.2. The zero-order valence-electron chi connectivity index (χ0n) is 12.0. The van der Waals surface area contributed by atoms with E-state index in [1.807, 2.05) is 12.5 Å². The molecule has 1 N–H and O–H groups in total. The summed E-state index contributed by atoms with van der Waals surface area (Å²) >= 11 is 0. The third kappa shape index (κ3) is 3.46. The Morgan fingerprint density at radius 3 is 2.50 bits per heavy atom. The summed E-state index contributed by atoms with van der Waals surface area (Å²) < 4.78 is 2.20. The molecule has 1 saturated heterocycles. The van der Waals surface area contributed by atoms with Crippen LogP contribution in [-0.2, 0) is 6.54 Å². The van der Waals surface area contributed by atoms with Crippen molar-refractivity contribution in [3.8, 4) is 0 Å². The van der Waals surface area contributed by atoms with Crippen molar-refractivity contribution < 1.29 is 0 Å². The van der Waals surface area contributed by atoms with Gasteiger partial charge in [-0.15, -0.1) is 0 Å². The minimum atomic E-state index is 0.136. The van der Waals surface area contributed by atoms with Crippen LogP contribution in [0.25, 0.3) is 0 Å². The molecule has 5 heteroatoms. The van der Waals surface area contributed by atoms with Gasteiger partial charge in [0.05, 0.1) is 11.9 Å². The van der Waals surface area contributed by atoms with Gasteiger partial charge in [-0.1, -0.05) is 0 Å². The zero-order valence-corrected chi connectivity index (χ0v) is 12.0. The first-order valence-electron chi connectivity index (χ1n) is 6.66. The van der Waals surface area contributed by atoms with E-state index in [0.29, 0.717) is 0 Å². The highest BCUT2D eigenvalue weighted by Crippen LogP contribution is 2.07. The molecular weight excluding hydrogens is 226 g/mol. The molecule has 18 heavy (non-hydrogen) atoms. The smallest absolute Gasteiger partial charge is 0.114 e. The highest BCUT2D eigenvalue weighted by atomic mass is 15.6. The summed E-state index contributed by atoms with van der Waals surface area (Å²) in [5, 5.41) is 5.88. The maximum Gasteiger partial charge on any atom is 0.114 e. The second-order valence-electron chi connectivity index (χ2n) is 6.09. The Hall–Kier alpha value is -1.07. The quantitative estimate of drug-likeness (QED) is 0.856. The van der Waals surface area contributed by atoms with Crippen molar-refractivity contribution in [1.29, 1.82) is 0 Å². The van der Waals surface area contributed by atoms with Crippen LogP contribution < -0.4 is 10.3 Å². The number of aromatic nitrogens is 2. The topological polar surface area (TPSA) is 36.3 Å². The van der Waals surface area contributed by atoms with Crippen molar-refractivity contribution in [3.63, 3.8) is 0 Å². The van der Waals surface area contributed by atoms with Crippen molar-refractivity contribution in [2.24, 2.45) is 0 Å². The first-order valence-corrected chi connectivity index (χ1v) is 6.66. The molecular formula is C13H25N5. The van der Waals surface area contributed by atoms with Gasteiger partial charge in [0, 0.05) is 38.3 Å². The fourth-order valence-electron chi connectivity index (χ4n) is 2.06. The Bertz CT molecular complexity index is 371. The Balaban J connectivity index is 1.99. The molecule has 1 aromatic heterocycles. The van der Waals surface area contributed by atoms with Crippen molar-refractivity contribution in [3.05, 3.63) is 18.2 Å². The molecule has 0 saturated carbocycles. The Labute approximate surface area is 110 Å². The largest absolute Gasteiger partial charge is 0.309 e. The molecule has 0 amide bonds. The fourth-order valence-corrected chi connectivity index (χ4v) is 2.06. The normalized spacial score (nSPS) is 18.3. The van der Waals surface area contributed by atoms with Crippen LogP contribution in [0.3, 0.4) is 0 Å². The predicted octanol–water partition coefficient (Wildman–Crippen LogP) is 0.655. The second-order valence-corrected chi connectivity index (χ2v) is 6.09. The van der Waals surface area contributed by atoms with E-state index in [-0.39, 0.29) is 5.54 Å². The number of rotatable bonds is 3. The minimum absolute atomic E-state index is 0.136. The van der Waals surface area contributed by atoms with E-state index in [2.05, 4.69) is 52.7 Å². The number of hydrogen-bond acceptors (Lipinski definition) is 4. The third-order valence-electron chi connectivity index (χ3n) is 3.28. The van der Waals surface area contributed by atoms with E-state index in [1.54, 1.807) is 0 Å². The lowest BCUT2D eigenvalue weighted by Gasteiger charge is -2.35. The molecule has 0 aliphatic carbocycles. The maximum atomic E-state index is 4.28. The van der Waals surface area contributed by atoms with Gasteiger partial charge in [-0.25, -0.2) is 9.66 Å².